The first-order valence-corrected chi connectivity index (χ1v) is 7.01. The third kappa shape index (κ3) is 2.52. The van der Waals surface area contributed by atoms with Crippen LogP contribution in [0.3, 0.4) is 0 Å². The molecule has 1 aromatic heterocycles. The van der Waals surface area contributed by atoms with Crippen molar-refractivity contribution in [2.24, 2.45) is 7.05 Å². The number of nitriles is 1. The van der Waals surface area contributed by atoms with Crippen molar-refractivity contribution in [3.05, 3.63) is 39.0 Å². The molecule has 6 heteroatoms. The molecule has 0 saturated heterocycles. The highest BCUT2D eigenvalue weighted by molar-refractivity contribution is 6.38. The maximum Gasteiger partial charge on any atom is 0.113 e. The second-order valence-electron chi connectivity index (χ2n) is 5.00. The molecule has 2 aromatic rings. The second-order valence-corrected chi connectivity index (χ2v) is 6.22. The molecular weight excluding hydrogens is 317 g/mol. The van der Waals surface area contributed by atoms with E-state index in [0.29, 0.717) is 32.0 Å². The van der Waals surface area contributed by atoms with Gasteiger partial charge in [0, 0.05) is 17.6 Å². The minimum Gasteiger partial charge on any atom is -0.269 e. The molecule has 3 nitrogen and oxygen atoms in total. The van der Waals surface area contributed by atoms with E-state index < -0.39 is 5.41 Å². The van der Waals surface area contributed by atoms with Gasteiger partial charge in [-0.05, 0) is 32.0 Å². The van der Waals surface area contributed by atoms with Crippen molar-refractivity contribution >= 4 is 34.8 Å². The highest BCUT2D eigenvalue weighted by Crippen LogP contribution is 2.39. The van der Waals surface area contributed by atoms with E-state index in [4.69, 9.17) is 34.8 Å². The molecule has 0 amide bonds. The number of halogens is 3. The number of aryl methyl sites for hydroxylation is 1. The zero-order valence-corrected chi connectivity index (χ0v) is 13.5. The largest absolute Gasteiger partial charge is 0.269 e. The van der Waals surface area contributed by atoms with Crippen LogP contribution in [0.25, 0.3) is 11.3 Å². The SMILES string of the molecule is Cn1nc(-c2ccc(Cl)cc2Cl)c(Cl)c1C(C)(C)C#N. The van der Waals surface area contributed by atoms with Crippen molar-refractivity contribution in [2.45, 2.75) is 19.3 Å². The normalized spacial score (nSPS) is 11.4. The van der Waals surface area contributed by atoms with Gasteiger partial charge in [0.1, 0.15) is 5.69 Å². The van der Waals surface area contributed by atoms with Gasteiger partial charge in [0.25, 0.3) is 0 Å². The summed E-state index contributed by atoms with van der Waals surface area (Å²) >= 11 is 18.5. The molecule has 0 atom stereocenters. The first kappa shape index (κ1) is 15.2. The van der Waals surface area contributed by atoms with Gasteiger partial charge >= 0.3 is 0 Å². The highest BCUT2D eigenvalue weighted by Gasteiger charge is 2.30. The summed E-state index contributed by atoms with van der Waals surface area (Å²) in [5, 5.41) is 15.1. The Bertz CT molecular complexity index is 711. The molecule has 1 heterocycles. The Kier molecular flexibility index (Phi) is 4.02. The molecule has 104 valence electrons. The summed E-state index contributed by atoms with van der Waals surface area (Å²) < 4.78 is 1.62. The minimum atomic E-state index is -0.740. The van der Waals surface area contributed by atoms with Crippen molar-refractivity contribution < 1.29 is 0 Å². The number of nitrogens with zero attached hydrogens (tertiary/aromatic N) is 3. The molecule has 0 aliphatic rings. The van der Waals surface area contributed by atoms with E-state index >= 15 is 0 Å². The van der Waals surface area contributed by atoms with Crippen LogP contribution in [0, 0.1) is 11.3 Å². The van der Waals surface area contributed by atoms with E-state index in [9.17, 15) is 5.26 Å². The predicted molar refractivity (Wildman–Crippen MR) is 82.3 cm³/mol. The van der Waals surface area contributed by atoms with Gasteiger partial charge in [-0.15, -0.1) is 0 Å². The van der Waals surface area contributed by atoms with Crippen molar-refractivity contribution in [3.8, 4) is 17.3 Å². The standard InChI is InChI=1S/C14H12Cl3N3/c1-14(2,7-18)13-11(17)12(19-20(13)3)9-5-4-8(15)6-10(9)16/h4-6H,1-3H3. The fourth-order valence-electron chi connectivity index (χ4n) is 2.08. The van der Waals surface area contributed by atoms with Crippen molar-refractivity contribution in [3.63, 3.8) is 0 Å². The quantitative estimate of drug-likeness (QED) is 0.791. The van der Waals surface area contributed by atoms with E-state index in [0.717, 1.165) is 0 Å². The zero-order chi connectivity index (χ0) is 15.1. The summed E-state index contributed by atoms with van der Waals surface area (Å²) in [4.78, 5) is 0. The molecule has 0 saturated carbocycles. The van der Waals surface area contributed by atoms with Gasteiger partial charge in [0.2, 0.25) is 0 Å². The van der Waals surface area contributed by atoms with Crippen LogP contribution < -0.4 is 0 Å². The average Bonchev–Trinajstić information content (AvgIpc) is 2.65. The lowest BCUT2D eigenvalue weighted by Crippen LogP contribution is -2.19. The summed E-state index contributed by atoms with van der Waals surface area (Å²) in [7, 11) is 1.76. The van der Waals surface area contributed by atoms with Crippen molar-refractivity contribution in [1.29, 1.82) is 5.26 Å². The van der Waals surface area contributed by atoms with Gasteiger partial charge in [-0.2, -0.15) is 10.4 Å². The summed E-state index contributed by atoms with van der Waals surface area (Å²) in [5.74, 6) is 0. The van der Waals surface area contributed by atoms with Crippen LogP contribution in [0.2, 0.25) is 15.1 Å². The van der Waals surface area contributed by atoms with Crippen LogP contribution in [0.4, 0.5) is 0 Å². The predicted octanol–water partition coefficient (Wildman–Crippen LogP) is 4.85. The molecular formula is C14H12Cl3N3. The molecule has 1 aromatic carbocycles. The number of aromatic nitrogens is 2. The number of hydrogen-bond acceptors (Lipinski definition) is 2. The van der Waals surface area contributed by atoms with E-state index in [1.807, 2.05) is 0 Å². The fraction of sp³-hybridized carbons (Fsp3) is 0.286. The van der Waals surface area contributed by atoms with E-state index in [1.54, 1.807) is 43.8 Å². The molecule has 20 heavy (non-hydrogen) atoms. The van der Waals surface area contributed by atoms with Gasteiger partial charge < -0.3 is 0 Å². The van der Waals surface area contributed by atoms with E-state index in [2.05, 4.69) is 11.2 Å². The van der Waals surface area contributed by atoms with Crippen LogP contribution in [0.15, 0.2) is 18.2 Å². The Morgan fingerprint density at radius 2 is 1.90 bits per heavy atom. The Morgan fingerprint density at radius 3 is 2.45 bits per heavy atom. The highest BCUT2D eigenvalue weighted by atomic mass is 35.5. The molecule has 0 aliphatic carbocycles. The van der Waals surface area contributed by atoms with Gasteiger partial charge in [-0.1, -0.05) is 34.8 Å². The van der Waals surface area contributed by atoms with Crippen LogP contribution in [-0.4, -0.2) is 9.78 Å². The van der Waals surface area contributed by atoms with Crippen LogP contribution in [-0.2, 0) is 12.5 Å². The Hall–Kier alpha value is -1.21. The zero-order valence-electron chi connectivity index (χ0n) is 11.2. The molecule has 0 unspecified atom stereocenters. The van der Waals surface area contributed by atoms with Gasteiger partial charge in [0.15, 0.2) is 0 Å². The molecule has 0 spiro atoms. The topological polar surface area (TPSA) is 41.6 Å². The molecule has 0 bridgehead atoms. The van der Waals surface area contributed by atoms with E-state index in [1.165, 1.54) is 0 Å². The van der Waals surface area contributed by atoms with Crippen molar-refractivity contribution in [2.75, 3.05) is 0 Å². The lowest BCUT2D eigenvalue weighted by atomic mass is 9.90. The number of rotatable bonds is 2. The van der Waals surface area contributed by atoms with Crippen LogP contribution in [0.5, 0.6) is 0 Å². The first-order chi connectivity index (χ1) is 9.27. The second kappa shape index (κ2) is 5.29. The minimum absolute atomic E-state index is 0.434. The fourth-order valence-corrected chi connectivity index (χ4v) is 3.08. The van der Waals surface area contributed by atoms with Crippen LogP contribution in [0.1, 0.15) is 19.5 Å². The maximum absolute atomic E-state index is 9.27. The molecule has 0 aliphatic heterocycles. The molecule has 0 N–H and O–H groups in total. The summed E-state index contributed by atoms with van der Waals surface area (Å²) in [6.45, 7) is 3.59. The summed E-state index contributed by atoms with van der Waals surface area (Å²) in [6.07, 6.45) is 0. The first-order valence-electron chi connectivity index (χ1n) is 5.87. The molecule has 2 rings (SSSR count). The Balaban J connectivity index is 2.67. The van der Waals surface area contributed by atoms with Gasteiger partial charge in [-0.25, -0.2) is 0 Å². The van der Waals surface area contributed by atoms with Gasteiger partial charge in [-0.3, -0.25) is 4.68 Å². The monoisotopic (exact) mass is 327 g/mol. The van der Waals surface area contributed by atoms with Crippen LogP contribution >= 0.6 is 34.8 Å². The lowest BCUT2D eigenvalue weighted by molar-refractivity contribution is 0.588. The third-order valence-electron chi connectivity index (χ3n) is 3.05. The third-order valence-corrected chi connectivity index (χ3v) is 3.95. The average molecular weight is 329 g/mol. The van der Waals surface area contributed by atoms with Gasteiger partial charge in [0.05, 0.1) is 27.2 Å². The Labute approximate surface area is 132 Å². The van der Waals surface area contributed by atoms with E-state index in [-0.39, 0.29) is 0 Å². The molecule has 0 radical (unpaired) electrons. The number of hydrogen-bond donors (Lipinski definition) is 0. The maximum atomic E-state index is 9.27. The smallest absolute Gasteiger partial charge is 0.113 e. The summed E-state index contributed by atoms with van der Waals surface area (Å²) in [5.41, 5.74) is 1.16. The molecule has 0 fully saturated rings. The lowest BCUT2D eigenvalue weighted by Gasteiger charge is -2.15. The van der Waals surface area contributed by atoms with Crippen molar-refractivity contribution in [1.82, 2.24) is 9.78 Å². The number of benzene rings is 1. The summed E-state index contributed by atoms with van der Waals surface area (Å²) in [6, 6.07) is 7.36. The Morgan fingerprint density at radius 1 is 1.25 bits per heavy atom.